The van der Waals surface area contributed by atoms with E-state index in [1.807, 2.05) is 0 Å². The molecule has 4 N–H and O–H groups in total. The molecular formula is C10H13N3O3. The van der Waals surface area contributed by atoms with Crippen LogP contribution in [0.25, 0.3) is 0 Å². The highest BCUT2D eigenvalue weighted by molar-refractivity contribution is 5.89. The molecule has 0 spiro atoms. The average molecular weight is 223 g/mol. The quantitative estimate of drug-likeness (QED) is 0.225. The van der Waals surface area contributed by atoms with E-state index in [-0.39, 0.29) is 5.75 Å². The monoisotopic (exact) mass is 223 g/mol. The summed E-state index contributed by atoms with van der Waals surface area (Å²) in [6.07, 6.45) is 0.556. The molecule has 0 saturated heterocycles. The van der Waals surface area contributed by atoms with E-state index >= 15 is 0 Å². The second-order valence-corrected chi connectivity index (χ2v) is 2.88. The van der Waals surface area contributed by atoms with Crippen LogP contribution in [-0.4, -0.2) is 23.6 Å². The first kappa shape index (κ1) is 12.2. The number of nitrogens with one attached hydrogen (secondary N) is 1. The van der Waals surface area contributed by atoms with Crippen molar-refractivity contribution in [2.45, 2.75) is 13.3 Å². The highest BCUT2D eigenvalue weighted by Gasteiger charge is 2.12. The molecule has 0 aliphatic rings. The molecule has 0 aromatic heterocycles. The van der Waals surface area contributed by atoms with Gasteiger partial charge in [0.1, 0.15) is 5.75 Å². The maximum atomic E-state index is 11.5. The zero-order chi connectivity index (χ0) is 12.0. The fourth-order valence-electron chi connectivity index (χ4n) is 1.01. The lowest BCUT2D eigenvalue weighted by atomic mass is 10.2. The van der Waals surface area contributed by atoms with Crippen LogP contribution < -0.4 is 11.3 Å². The Kier molecular flexibility index (Phi) is 4.43. The lowest BCUT2D eigenvalue weighted by Crippen LogP contribution is -2.37. The molecule has 0 heterocycles. The molecule has 1 aromatic carbocycles. The van der Waals surface area contributed by atoms with Gasteiger partial charge in [-0.2, -0.15) is 0 Å². The predicted octanol–water partition coefficient (Wildman–Crippen LogP) is 0.387. The largest absolute Gasteiger partial charge is 0.508 e. The van der Waals surface area contributed by atoms with Gasteiger partial charge in [0, 0.05) is 6.21 Å². The predicted molar refractivity (Wildman–Crippen MR) is 58.8 cm³/mol. The summed E-state index contributed by atoms with van der Waals surface area (Å²) in [5.41, 5.74) is 2.53. The molecule has 0 radical (unpaired) electrons. The molecule has 0 saturated carbocycles. The minimum absolute atomic E-state index is 0.0802. The van der Waals surface area contributed by atoms with Crippen molar-refractivity contribution in [3.05, 3.63) is 29.8 Å². The molecule has 0 fully saturated rings. The third kappa shape index (κ3) is 3.34. The van der Waals surface area contributed by atoms with Gasteiger partial charge in [-0.05, 0) is 31.2 Å². The molecule has 1 atom stereocenters. The number of phenolic OH excluding ortho intramolecular Hbond substituents is 1. The number of phenols is 1. The molecule has 6 heteroatoms. The minimum atomic E-state index is -0.911. The molecule has 1 unspecified atom stereocenters. The second kappa shape index (κ2) is 5.84. The van der Waals surface area contributed by atoms with Crippen molar-refractivity contribution in [1.29, 1.82) is 0 Å². The van der Waals surface area contributed by atoms with Crippen molar-refractivity contribution in [1.82, 2.24) is 5.43 Å². The van der Waals surface area contributed by atoms with Gasteiger partial charge in [-0.15, -0.1) is 0 Å². The maximum absolute atomic E-state index is 11.5. The number of benzene rings is 1. The van der Waals surface area contributed by atoms with Crippen LogP contribution in [0.15, 0.2) is 29.3 Å². The molecule has 0 bridgehead atoms. The van der Waals surface area contributed by atoms with Gasteiger partial charge in [-0.1, -0.05) is 0 Å². The van der Waals surface area contributed by atoms with Gasteiger partial charge in [0.2, 0.25) is 0 Å². The Balaban J connectivity index is 2.67. The highest BCUT2D eigenvalue weighted by Crippen LogP contribution is 2.11. The van der Waals surface area contributed by atoms with Crippen molar-refractivity contribution in [2.24, 2.45) is 10.8 Å². The molecule has 86 valence electrons. The number of hydrogen-bond acceptors (Lipinski definition) is 6. The summed E-state index contributed by atoms with van der Waals surface area (Å²) in [5.74, 6) is 4.63. The van der Waals surface area contributed by atoms with Crippen LogP contribution in [0.5, 0.6) is 5.75 Å². The number of hydrazine groups is 1. The summed E-state index contributed by atoms with van der Waals surface area (Å²) >= 11 is 0. The summed E-state index contributed by atoms with van der Waals surface area (Å²) in [5, 5.41) is 9.04. The Morgan fingerprint density at radius 3 is 2.69 bits per heavy atom. The lowest BCUT2D eigenvalue weighted by Gasteiger charge is -2.11. The lowest BCUT2D eigenvalue weighted by molar-refractivity contribution is 0.0242. The number of carbonyl (C=O) groups is 1. The molecular weight excluding hydrogens is 210 g/mol. The molecule has 0 amide bonds. The Morgan fingerprint density at radius 2 is 2.19 bits per heavy atom. The summed E-state index contributed by atoms with van der Waals surface area (Å²) in [6, 6.07) is 5.68. The first-order valence-electron chi connectivity index (χ1n) is 4.61. The molecule has 0 aliphatic carbocycles. The second-order valence-electron chi connectivity index (χ2n) is 2.88. The number of rotatable bonds is 4. The number of nitrogens with zero attached hydrogens (tertiary/aromatic N) is 1. The third-order valence-corrected chi connectivity index (χ3v) is 1.75. The van der Waals surface area contributed by atoms with Gasteiger partial charge in [-0.3, -0.25) is 5.84 Å². The Bertz CT molecular complexity index is 375. The molecule has 16 heavy (non-hydrogen) atoms. The van der Waals surface area contributed by atoms with E-state index in [0.29, 0.717) is 5.56 Å². The number of aliphatic imine (C=N–C) groups is 1. The van der Waals surface area contributed by atoms with E-state index in [2.05, 4.69) is 10.4 Å². The number of hydrogen-bond donors (Lipinski definition) is 3. The van der Waals surface area contributed by atoms with Crippen LogP contribution >= 0.6 is 0 Å². The van der Waals surface area contributed by atoms with E-state index in [9.17, 15) is 4.79 Å². The van der Waals surface area contributed by atoms with Crippen LogP contribution in [0.1, 0.15) is 17.3 Å². The number of ether oxygens (including phenoxy) is 1. The maximum Gasteiger partial charge on any atom is 0.341 e. The van der Waals surface area contributed by atoms with Gasteiger partial charge < -0.3 is 9.84 Å². The minimum Gasteiger partial charge on any atom is -0.508 e. The number of aromatic hydroxyl groups is 1. The summed E-state index contributed by atoms with van der Waals surface area (Å²) in [6.45, 7) is 1.68. The van der Waals surface area contributed by atoms with E-state index in [4.69, 9.17) is 15.7 Å². The molecule has 1 rings (SSSR count). The van der Waals surface area contributed by atoms with Crippen molar-refractivity contribution < 1.29 is 14.6 Å². The van der Waals surface area contributed by atoms with Gasteiger partial charge in [0.15, 0.2) is 0 Å². The van der Waals surface area contributed by atoms with Crippen molar-refractivity contribution in [2.75, 3.05) is 0 Å². The van der Waals surface area contributed by atoms with Crippen molar-refractivity contribution >= 4 is 12.2 Å². The standard InChI is InChI=1S/C10H13N3O3/c1-2-12-10(13-11)16-9(15)7-3-5-8(14)6-4-7/h2-6,10,13-14H,11H2,1H3. The van der Waals surface area contributed by atoms with Crippen molar-refractivity contribution in [3.63, 3.8) is 0 Å². The SMILES string of the molecule is CC=NC(NN)OC(=O)c1ccc(O)cc1. The number of carbonyl (C=O) groups excluding carboxylic acids is 1. The zero-order valence-electron chi connectivity index (χ0n) is 8.75. The van der Waals surface area contributed by atoms with Crippen LogP contribution in [0, 0.1) is 0 Å². The first-order chi connectivity index (χ1) is 7.67. The van der Waals surface area contributed by atoms with E-state index < -0.39 is 12.3 Å². The number of nitrogens with two attached hydrogens (primary N) is 1. The van der Waals surface area contributed by atoms with Crippen molar-refractivity contribution in [3.8, 4) is 5.75 Å². The molecule has 6 nitrogen and oxygen atoms in total. The van der Waals surface area contributed by atoms with E-state index in [1.165, 1.54) is 30.5 Å². The average Bonchev–Trinajstić information content (AvgIpc) is 2.29. The van der Waals surface area contributed by atoms with Gasteiger partial charge in [0.05, 0.1) is 5.56 Å². The fourth-order valence-corrected chi connectivity index (χ4v) is 1.01. The number of esters is 1. The van der Waals surface area contributed by atoms with Gasteiger partial charge in [0.25, 0.3) is 6.35 Å². The summed E-state index contributed by atoms with van der Waals surface area (Å²) in [4.78, 5) is 15.3. The summed E-state index contributed by atoms with van der Waals surface area (Å²) < 4.78 is 4.91. The normalized spacial score (nSPS) is 12.6. The van der Waals surface area contributed by atoms with Crippen LogP contribution in [-0.2, 0) is 4.74 Å². The van der Waals surface area contributed by atoms with Crippen LogP contribution in [0.4, 0.5) is 0 Å². The Hall–Kier alpha value is -1.92. The Morgan fingerprint density at radius 1 is 1.56 bits per heavy atom. The smallest absolute Gasteiger partial charge is 0.341 e. The molecule has 1 aromatic rings. The Labute approximate surface area is 92.7 Å². The van der Waals surface area contributed by atoms with E-state index in [1.54, 1.807) is 6.92 Å². The zero-order valence-corrected chi connectivity index (χ0v) is 8.75. The fraction of sp³-hybridized carbons (Fsp3) is 0.200. The summed E-state index contributed by atoms with van der Waals surface area (Å²) in [7, 11) is 0. The topological polar surface area (TPSA) is 96.9 Å². The first-order valence-corrected chi connectivity index (χ1v) is 4.61. The van der Waals surface area contributed by atoms with Gasteiger partial charge >= 0.3 is 5.97 Å². The van der Waals surface area contributed by atoms with Crippen LogP contribution in [0.2, 0.25) is 0 Å². The van der Waals surface area contributed by atoms with Gasteiger partial charge in [-0.25, -0.2) is 15.2 Å². The van der Waals surface area contributed by atoms with Crippen LogP contribution in [0.3, 0.4) is 0 Å². The third-order valence-electron chi connectivity index (χ3n) is 1.75. The molecule has 0 aliphatic heterocycles. The van der Waals surface area contributed by atoms with E-state index in [0.717, 1.165) is 0 Å². The highest BCUT2D eigenvalue weighted by atomic mass is 16.6.